The molecule has 0 aliphatic heterocycles. The molecule has 5 nitrogen and oxygen atoms in total. The second kappa shape index (κ2) is 9.19. The quantitative estimate of drug-likeness (QED) is 0.638. The van der Waals surface area contributed by atoms with E-state index < -0.39 is 5.97 Å². The van der Waals surface area contributed by atoms with Crippen molar-refractivity contribution in [2.45, 2.75) is 44.9 Å². The minimum absolute atomic E-state index is 0.0479. The SMILES string of the molecule is O=C(O)CCCCCCNC(=O)CCc1ccoc1. The summed E-state index contributed by atoms with van der Waals surface area (Å²) in [5, 5.41) is 11.3. The number of hydrogen-bond donors (Lipinski definition) is 2. The van der Waals surface area contributed by atoms with E-state index in [0.29, 0.717) is 25.8 Å². The number of aliphatic carboxylic acids is 1. The summed E-state index contributed by atoms with van der Waals surface area (Å²) in [5.74, 6) is -0.695. The average molecular weight is 267 g/mol. The number of carbonyl (C=O) groups is 2. The van der Waals surface area contributed by atoms with Gasteiger partial charge in [-0.25, -0.2) is 0 Å². The molecular formula is C14H21NO4. The Balaban J connectivity index is 1.91. The minimum atomic E-state index is -0.743. The first-order valence-electron chi connectivity index (χ1n) is 6.68. The number of aryl methyl sites for hydroxylation is 1. The third-order valence-electron chi connectivity index (χ3n) is 2.86. The predicted octanol–water partition coefficient (Wildman–Crippen LogP) is 2.36. The third kappa shape index (κ3) is 8.02. The molecule has 0 fully saturated rings. The first kappa shape index (κ1) is 15.3. The molecule has 0 unspecified atom stereocenters. The Kier molecular flexibility index (Phi) is 7.39. The molecule has 19 heavy (non-hydrogen) atoms. The van der Waals surface area contributed by atoms with Crippen LogP contribution in [0, 0.1) is 0 Å². The van der Waals surface area contributed by atoms with E-state index in [0.717, 1.165) is 24.8 Å². The van der Waals surface area contributed by atoms with Crippen LogP contribution >= 0.6 is 0 Å². The molecule has 1 amide bonds. The maximum absolute atomic E-state index is 11.5. The fourth-order valence-electron chi connectivity index (χ4n) is 1.76. The van der Waals surface area contributed by atoms with Crippen LogP contribution in [0.3, 0.4) is 0 Å². The fourth-order valence-corrected chi connectivity index (χ4v) is 1.76. The molecule has 0 radical (unpaired) electrons. The highest BCUT2D eigenvalue weighted by Crippen LogP contribution is 2.04. The summed E-state index contributed by atoms with van der Waals surface area (Å²) >= 11 is 0. The molecule has 0 bridgehead atoms. The van der Waals surface area contributed by atoms with Crippen molar-refractivity contribution < 1.29 is 19.1 Å². The molecule has 1 aromatic heterocycles. The monoisotopic (exact) mass is 267 g/mol. The van der Waals surface area contributed by atoms with Crippen LogP contribution in [0.4, 0.5) is 0 Å². The topological polar surface area (TPSA) is 79.5 Å². The van der Waals surface area contributed by atoms with Gasteiger partial charge in [-0.05, 0) is 30.9 Å². The van der Waals surface area contributed by atoms with Crippen molar-refractivity contribution in [3.8, 4) is 0 Å². The third-order valence-corrected chi connectivity index (χ3v) is 2.86. The van der Waals surface area contributed by atoms with E-state index in [9.17, 15) is 9.59 Å². The molecule has 0 atom stereocenters. The van der Waals surface area contributed by atoms with Gasteiger partial charge in [0.05, 0.1) is 12.5 Å². The summed E-state index contributed by atoms with van der Waals surface area (Å²) in [6.07, 6.45) is 8.12. The van der Waals surface area contributed by atoms with Gasteiger partial charge in [0.1, 0.15) is 0 Å². The van der Waals surface area contributed by atoms with E-state index in [1.807, 2.05) is 6.07 Å². The number of amides is 1. The van der Waals surface area contributed by atoms with E-state index in [-0.39, 0.29) is 12.3 Å². The first-order chi connectivity index (χ1) is 9.18. The van der Waals surface area contributed by atoms with Gasteiger partial charge in [0.2, 0.25) is 5.91 Å². The zero-order valence-corrected chi connectivity index (χ0v) is 11.1. The number of hydrogen-bond acceptors (Lipinski definition) is 3. The standard InChI is InChI=1S/C14H21NO4/c16-13(7-6-12-8-10-19-11-12)15-9-4-2-1-3-5-14(17)18/h8,10-11H,1-7,9H2,(H,15,16)(H,17,18). The summed E-state index contributed by atoms with van der Waals surface area (Å²) in [6, 6.07) is 1.86. The van der Waals surface area contributed by atoms with Gasteiger partial charge < -0.3 is 14.8 Å². The summed E-state index contributed by atoms with van der Waals surface area (Å²) in [4.78, 5) is 21.8. The van der Waals surface area contributed by atoms with Crippen molar-refractivity contribution >= 4 is 11.9 Å². The summed E-state index contributed by atoms with van der Waals surface area (Å²) < 4.78 is 4.93. The molecule has 1 rings (SSSR count). The molecule has 5 heteroatoms. The predicted molar refractivity (Wildman–Crippen MR) is 70.8 cm³/mol. The number of carboxylic acid groups (broad SMARTS) is 1. The molecule has 0 aromatic carbocycles. The molecule has 0 spiro atoms. The Labute approximate surface area is 113 Å². The van der Waals surface area contributed by atoms with Crippen LogP contribution in [-0.2, 0) is 16.0 Å². The summed E-state index contributed by atoms with van der Waals surface area (Å²) in [7, 11) is 0. The molecule has 106 valence electrons. The molecule has 0 aliphatic carbocycles. The molecular weight excluding hydrogens is 246 g/mol. The van der Waals surface area contributed by atoms with E-state index in [1.54, 1.807) is 12.5 Å². The van der Waals surface area contributed by atoms with E-state index in [1.165, 1.54) is 0 Å². The number of rotatable bonds is 10. The number of carboxylic acids is 1. The Morgan fingerprint density at radius 3 is 2.63 bits per heavy atom. The van der Waals surface area contributed by atoms with Crippen molar-refractivity contribution in [1.29, 1.82) is 0 Å². The normalized spacial score (nSPS) is 10.3. The van der Waals surface area contributed by atoms with Gasteiger partial charge in [-0.3, -0.25) is 9.59 Å². The first-order valence-corrected chi connectivity index (χ1v) is 6.68. The Morgan fingerprint density at radius 2 is 1.95 bits per heavy atom. The summed E-state index contributed by atoms with van der Waals surface area (Å²) in [6.45, 7) is 0.664. The van der Waals surface area contributed by atoms with Crippen molar-refractivity contribution in [3.63, 3.8) is 0 Å². The van der Waals surface area contributed by atoms with Gasteiger partial charge in [-0.1, -0.05) is 12.8 Å². The molecule has 1 heterocycles. The van der Waals surface area contributed by atoms with Crippen molar-refractivity contribution in [2.24, 2.45) is 0 Å². The zero-order valence-electron chi connectivity index (χ0n) is 11.1. The molecule has 0 saturated carbocycles. The van der Waals surface area contributed by atoms with E-state index in [4.69, 9.17) is 9.52 Å². The Bertz CT molecular complexity index is 373. The molecule has 0 saturated heterocycles. The van der Waals surface area contributed by atoms with Crippen molar-refractivity contribution in [2.75, 3.05) is 6.54 Å². The van der Waals surface area contributed by atoms with Gasteiger partial charge in [0, 0.05) is 19.4 Å². The lowest BCUT2D eigenvalue weighted by Gasteiger charge is -2.04. The van der Waals surface area contributed by atoms with Crippen LogP contribution in [0.25, 0.3) is 0 Å². The second-order valence-electron chi connectivity index (χ2n) is 4.54. The van der Waals surface area contributed by atoms with Gasteiger partial charge >= 0.3 is 5.97 Å². The van der Waals surface area contributed by atoms with Gasteiger partial charge in [-0.2, -0.15) is 0 Å². The highest BCUT2D eigenvalue weighted by atomic mass is 16.4. The van der Waals surface area contributed by atoms with Gasteiger partial charge in [0.15, 0.2) is 0 Å². The van der Waals surface area contributed by atoms with Gasteiger partial charge in [-0.15, -0.1) is 0 Å². The molecule has 2 N–H and O–H groups in total. The fraction of sp³-hybridized carbons (Fsp3) is 0.571. The van der Waals surface area contributed by atoms with Crippen LogP contribution in [0.2, 0.25) is 0 Å². The maximum atomic E-state index is 11.5. The van der Waals surface area contributed by atoms with Crippen molar-refractivity contribution in [1.82, 2.24) is 5.32 Å². The van der Waals surface area contributed by atoms with Crippen LogP contribution < -0.4 is 5.32 Å². The average Bonchev–Trinajstić information content (AvgIpc) is 2.88. The highest BCUT2D eigenvalue weighted by molar-refractivity contribution is 5.76. The Morgan fingerprint density at radius 1 is 1.16 bits per heavy atom. The van der Waals surface area contributed by atoms with Gasteiger partial charge in [0.25, 0.3) is 0 Å². The number of carbonyl (C=O) groups excluding carboxylic acids is 1. The number of nitrogens with one attached hydrogen (secondary N) is 1. The minimum Gasteiger partial charge on any atom is -0.481 e. The van der Waals surface area contributed by atoms with E-state index in [2.05, 4.69) is 5.32 Å². The lowest BCUT2D eigenvalue weighted by atomic mass is 10.1. The molecule has 0 aliphatic rings. The zero-order chi connectivity index (χ0) is 13.9. The lowest BCUT2D eigenvalue weighted by Crippen LogP contribution is -2.24. The summed E-state index contributed by atoms with van der Waals surface area (Å²) in [5.41, 5.74) is 1.03. The van der Waals surface area contributed by atoms with Crippen LogP contribution in [-0.4, -0.2) is 23.5 Å². The Hall–Kier alpha value is -1.78. The van der Waals surface area contributed by atoms with Crippen LogP contribution in [0.1, 0.15) is 44.1 Å². The van der Waals surface area contributed by atoms with Crippen LogP contribution in [0.5, 0.6) is 0 Å². The van der Waals surface area contributed by atoms with Crippen LogP contribution in [0.15, 0.2) is 23.0 Å². The largest absolute Gasteiger partial charge is 0.481 e. The second-order valence-corrected chi connectivity index (χ2v) is 4.54. The van der Waals surface area contributed by atoms with E-state index >= 15 is 0 Å². The molecule has 1 aromatic rings. The number of unbranched alkanes of at least 4 members (excludes halogenated alkanes) is 3. The highest BCUT2D eigenvalue weighted by Gasteiger charge is 2.02. The maximum Gasteiger partial charge on any atom is 0.303 e. The van der Waals surface area contributed by atoms with Crippen molar-refractivity contribution in [3.05, 3.63) is 24.2 Å². The lowest BCUT2D eigenvalue weighted by molar-refractivity contribution is -0.137. The smallest absolute Gasteiger partial charge is 0.303 e. The number of furan rings is 1.